The van der Waals surface area contributed by atoms with Crippen molar-refractivity contribution in [2.45, 2.75) is 6.92 Å². The van der Waals surface area contributed by atoms with E-state index in [4.69, 9.17) is 13.9 Å². The Balaban J connectivity index is 1.63. The van der Waals surface area contributed by atoms with Gasteiger partial charge in [0.25, 0.3) is 0 Å². The van der Waals surface area contributed by atoms with E-state index in [9.17, 15) is 4.79 Å². The third kappa shape index (κ3) is 5.42. The lowest BCUT2D eigenvalue weighted by molar-refractivity contribution is -0.140. The summed E-state index contributed by atoms with van der Waals surface area (Å²) in [7, 11) is 1.58. The summed E-state index contributed by atoms with van der Waals surface area (Å²) >= 11 is 0. The summed E-state index contributed by atoms with van der Waals surface area (Å²) in [5.74, 6) is 1.77. The number of oxazole rings is 1. The average Bonchev–Trinajstić information content (AvgIpc) is 3.38. The third-order valence-electron chi connectivity index (χ3n) is 4.52. The summed E-state index contributed by atoms with van der Waals surface area (Å²) in [5.41, 5.74) is 2.26. The molecule has 0 aliphatic carbocycles. The first kappa shape index (κ1) is 21.8. The van der Waals surface area contributed by atoms with Crippen LogP contribution in [-0.4, -0.2) is 46.2 Å². The van der Waals surface area contributed by atoms with Crippen LogP contribution in [-0.2, 0) is 9.53 Å². The lowest BCUT2D eigenvalue weighted by atomic mass is 10.1. The molecule has 4 aromatic rings. The van der Waals surface area contributed by atoms with E-state index < -0.39 is 5.97 Å². The second kappa shape index (κ2) is 10.2. The number of nitrogens with zero attached hydrogens (tertiary/aromatic N) is 4. The molecule has 0 unspecified atom stereocenters. The number of esters is 1. The Morgan fingerprint density at radius 3 is 2.61 bits per heavy atom. The molecule has 0 saturated heterocycles. The molecule has 0 aliphatic heterocycles. The molecule has 0 saturated carbocycles. The van der Waals surface area contributed by atoms with Gasteiger partial charge in [-0.15, -0.1) is 0 Å². The van der Waals surface area contributed by atoms with Gasteiger partial charge in [0.05, 0.1) is 25.5 Å². The van der Waals surface area contributed by atoms with Crippen LogP contribution in [0, 0.1) is 0 Å². The molecule has 2 aromatic carbocycles. The first-order valence-corrected chi connectivity index (χ1v) is 10.2. The Morgan fingerprint density at radius 2 is 1.88 bits per heavy atom. The van der Waals surface area contributed by atoms with Crippen molar-refractivity contribution < 1.29 is 18.7 Å². The Morgan fingerprint density at radius 1 is 1.06 bits per heavy atom. The van der Waals surface area contributed by atoms with Crippen molar-refractivity contribution in [3.05, 3.63) is 61.1 Å². The van der Waals surface area contributed by atoms with Crippen LogP contribution in [0.4, 0.5) is 17.6 Å². The Hall–Kier alpha value is -4.47. The van der Waals surface area contributed by atoms with Crippen LogP contribution in [0.2, 0.25) is 0 Å². The van der Waals surface area contributed by atoms with E-state index in [1.165, 1.54) is 6.39 Å². The van der Waals surface area contributed by atoms with Gasteiger partial charge in [-0.25, -0.2) is 4.98 Å². The highest BCUT2D eigenvalue weighted by atomic mass is 16.5. The number of hydrogen-bond donors (Lipinski definition) is 2. The second-order valence-electron chi connectivity index (χ2n) is 6.74. The number of anilines is 3. The molecule has 168 valence electrons. The summed E-state index contributed by atoms with van der Waals surface area (Å²) in [6.07, 6.45) is 2.98. The van der Waals surface area contributed by atoms with Crippen molar-refractivity contribution >= 4 is 23.6 Å². The van der Waals surface area contributed by atoms with Gasteiger partial charge in [0.1, 0.15) is 12.3 Å². The lowest BCUT2D eigenvalue weighted by Gasteiger charge is -2.12. The molecule has 0 aliphatic rings. The van der Waals surface area contributed by atoms with Crippen molar-refractivity contribution in [2.24, 2.45) is 0 Å². The molecule has 10 nitrogen and oxygen atoms in total. The molecule has 2 aromatic heterocycles. The number of carbonyl (C=O) groups is 1. The van der Waals surface area contributed by atoms with Crippen LogP contribution in [0.25, 0.3) is 22.7 Å². The Bertz CT molecular complexity index is 1220. The standard InChI is InChI=1S/C23H22N6O4/c1-3-32-20(30)13-25-22-27-21(15-7-5-4-6-8-15)28-23(29-22)26-16-9-10-17(18(11-16)31-2)19-12-24-14-33-19/h4-12,14H,3,13H2,1-2H3,(H2,25,26,27,28,29). The molecule has 0 spiro atoms. The van der Waals surface area contributed by atoms with Crippen LogP contribution in [0.5, 0.6) is 5.75 Å². The first-order chi connectivity index (χ1) is 16.2. The highest BCUT2D eigenvalue weighted by Gasteiger charge is 2.13. The third-order valence-corrected chi connectivity index (χ3v) is 4.52. The fourth-order valence-corrected chi connectivity index (χ4v) is 3.04. The van der Waals surface area contributed by atoms with Crippen molar-refractivity contribution in [1.29, 1.82) is 0 Å². The van der Waals surface area contributed by atoms with Crippen LogP contribution in [0.3, 0.4) is 0 Å². The van der Waals surface area contributed by atoms with Gasteiger partial charge in [0.15, 0.2) is 18.0 Å². The fourth-order valence-electron chi connectivity index (χ4n) is 3.04. The topological polar surface area (TPSA) is 124 Å². The molecular weight excluding hydrogens is 424 g/mol. The SMILES string of the molecule is CCOC(=O)CNc1nc(Nc2ccc(-c3cnco3)c(OC)c2)nc(-c2ccccc2)n1. The quantitative estimate of drug-likeness (QED) is 0.366. The molecule has 4 rings (SSSR count). The van der Waals surface area contributed by atoms with Gasteiger partial charge in [-0.2, -0.15) is 15.0 Å². The molecule has 0 fully saturated rings. The molecule has 0 radical (unpaired) electrons. The van der Waals surface area contributed by atoms with Crippen molar-refractivity contribution in [3.63, 3.8) is 0 Å². The highest BCUT2D eigenvalue weighted by molar-refractivity contribution is 5.75. The number of benzene rings is 2. The second-order valence-corrected chi connectivity index (χ2v) is 6.74. The summed E-state index contributed by atoms with van der Waals surface area (Å²) < 4.78 is 15.8. The van der Waals surface area contributed by atoms with Gasteiger partial charge in [-0.1, -0.05) is 30.3 Å². The molecule has 10 heteroatoms. The van der Waals surface area contributed by atoms with Gasteiger partial charge in [0, 0.05) is 17.3 Å². The van der Waals surface area contributed by atoms with Crippen molar-refractivity contribution in [2.75, 3.05) is 30.9 Å². The molecule has 0 amide bonds. The van der Waals surface area contributed by atoms with Crippen LogP contribution in [0.15, 0.2) is 65.5 Å². The minimum absolute atomic E-state index is 0.0643. The smallest absolute Gasteiger partial charge is 0.325 e. The van der Waals surface area contributed by atoms with E-state index in [-0.39, 0.29) is 12.5 Å². The molecule has 0 bridgehead atoms. The average molecular weight is 446 g/mol. The van der Waals surface area contributed by atoms with E-state index in [1.54, 1.807) is 26.3 Å². The summed E-state index contributed by atoms with van der Waals surface area (Å²) in [5, 5.41) is 6.06. The number of hydrogen-bond acceptors (Lipinski definition) is 10. The predicted octanol–water partition coefficient (Wildman–Crippen LogP) is 3.92. The van der Waals surface area contributed by atoms with E-state index in [2.05, 4.69) is 30.6 Å². The van der Waals surface area contributed by atoms with Crippen LogP contribution < -0.4 is 15.4 Å². The minimum atomic E-state index is -0.401. The zero-order chi connectivity index (χ0) is 23.0. The van der Waals surface area contributed by atoms with Gasteiger partial charge >= 0.3 is 5.97 Å². The molecular formula is C23H22N6O4. The largest absolute Gasteiger partial charge is 0.496 e. The number of ether oxygens (including phenoxy) is 2. The first-order valence-electron chi connectivity index (χ1n) is 10.2. The number of carbonyl (C=O) groups excluding carboxylic acids is 1. The molecule has 0 atom stereocenters. The fraction of sp³-hybridized carbons (Fsp3) is 0.174. The normalized spacial score (nSPS) is 10.5. The molecule has 2 N–H and O–H groups in total. The minimum Gasteiger partial charge on any atom is -0.496 e. The number of nitrogens with one attached hydrogen (secondary N) is 2. The number of methoxy groups -OCH3 is 1. The van der Waals surface area contributed by atoms with E-state index in [1.807, 2.05) is 42.5 Å². The monoisotopic (exact) mass is 446 g/mol. The van der Waals surface area contributed by atoms with Gasteiger partial charge in [-0.3, -0.25) is 4.79 Å². The predicted molar refractivity (Wildman–Crippen MR) is 122 cm³/mol. The number of rotatable bonds is 9. The molecule has 2 heterocycles. The van der Waals surface area contributed by atoms with Crippen LogP contribution >= 0.6 is 0 Å². The lowest BCUT2D eigenvalue weighted by Crippen LogP contribution is -2.18. The van der Waals surface area contributed by atoms with Gasteiger partial charge in [-0.05, 0) is 19.1 Å². The van der Waals surface area contributed by atoms with E-state index >= 15 is 0 Å². The maximum atomic E-state index is 11.7. The zero-order valence-electron chi connectivity index (χ0n) is 18.1. The molecule has 33 heavy (non-hydrogen) atoms. The van der Waals surface area contributed by atoms with Gasteiger partial charge < -0.3 is 24.5 Å². The highest BCUT2D eigenvalue weighted by Crippen LogP contribution is 2.33. The Kier molecular flexibility index (Phi) is 6.74. The van der Waals surface area contributed by atoms with E-state index in [0.717, 1.165) is 11.1 Å². The zero-order valence-corrected chi connectivity index (χ0v) is 18.1. The summed E-state index contributed by atoms with van der Waals surface area (Å²) in [6.45, 7) is 1.98. The van der Waals surface area contributed by atoms with Crippen LogP contribution in [0.1, 0.15) is 6.92 Å². The maximum absolute atomic E-state index is 11.7. The maximum Gasteiger partial charge on any atom is 0.325 e. The summed E-state index contributed by atoms with van der Waals surface area (Å²) in [6, 6.07) is 15.0. The summed E-state index contributed by atoms with van der Waals surface area (Å²) in [4.78, 5) is 29.1. The van der Waals surface area contributed by atoms with E-state index in [0.29, 0.717) is 35.6 Å². The Labute approximate surface area is 190 Å². The number of aromatic nitrogens is 4. The van der Waals surface area contributed by atoms with Crippen molar-refractivity contribution in [1.82, 2.24) is 19.9 Å². The van der Waals surface area contributed by atoms with Crippen molar-refractivity contribution in [3.8, 4) is 28.5 Å². The van der Waals surface area contributed by atoms with Gasteiger partial charge in [0.2, 0.25) is 11.9 Å².